The molecule has 0 spiro atoms. The molecule has 6 rings (SSSR count). The van der Waals surface area contributed by atoms with Crippen molar-refractivity contribution in [2.24, 2.45) is 9.98 Å². The van der Waals surface area contributed by atoms with Crippen LogP contribution in [0.25, 0.3) is 34.6 Å². The van der Waals surface area contributed by atoms with Crippen LogP contribution in [0, 0.1) is 0 Å². The summed E-state index contributed by atoms with van der Waals surface area (Å²) in [6.45, 7) is 8.09. The van der Waals surface area contributed by atoms with Gasteiger partial charge in [0.05, 0.1) is 40.1 Å². The lowest BCUT2D eigenvalue weighted by Gasteiger charge is -2.07. The van der Waals surface area contributed by atoms with Gasteiger partial charge in [-0.1, -0.05) is 85.2 Å². The van der Waals surface area contributed by atoms with Gasteiger partial charge in [0.25, 0.3) is 0 Å². The number of allylic oxidation sites excluding steroid dienone is 6. The Bertz CT molecular complexity index is 1790. The van der Waals surface area contributed by atoms with Crippen LogP contribution in [-0.2, 0) is 0 Å². The van der Waals surface area contributed by atoms with E-state index in [9.17, 15) is 0 Å². The maximum Gasteiger partial charge on any atom is 0.113 e. The van der Waals surface area contributed by atoms with Gasteiger partial charge in [0.1, 0.15) is 5.69 Å². The van der Waals surface area contributed by atoms with E-state index >= 15 is 0 Å². The van der Waals surface area contributed by atoms with Crippen LogP contribution in [0.1, 0.15) is 22.5 Å². The van der Waals surface area contributed by atoms with Gasteiger partial charge in [0.15, 0.2) is 0 Å². The van der Waals surface area contributed by atoms with E-state index in [4.69, 9.17) is 0 Å². The molecule has 0 saturated heterocycles. The average Bonchev–Trinajstić information content (AvgIpc) is 3.12. The highest BCUT2D eigenvalue weighted by Gasteiger charge is 2.15. The standard InChI is InChI=1S/C33H23N5S2/c1-3-23-25-9-5-7-11-28(25)35-20-39-32(23)17-14-22-13-15-27-30(37-38-31(27)19-34-22)16-18-33-24(4-2)26-10-6-8-12-29(26)36-21-40-33/h3-21H,1-2H2/b17-14+,18-16+. The Hall–Kier alpha value is -4.59. The van der Waals surface area contributed by atoms with Gasteiger partial charge in [0.2, 0.25) is 0 Å². The maximum absolute atomic E-state index is 4.65. The number of benzene rings is 2. The predicted octanol–water partition coefficient (Wildman–Crippen LogP) is 9.01. The first-order valence-corrected chi connectivity index (χ1v) is 14.3. The quantitative estimate of drug-likeness (QED) is 0.238. The molecule has 192 valence electrons. The molecule has 0 bridgehead atoms. The molecule has 2 aromatic rings. The lowest BCUT2D eigenvalue weighted by molar-refractivity contribution is 1.08. The normalized spacial score (nSPS) is 14.9. The molecule has 0 saturated carbocycles. The number of aromatic nitrogens is 3. The smallest absolute Gasteiger partial charge is 0.113 e. The molecule has 4 aliphatic heterocycles. The Morgan fingerprint density at radius 3 is 1.82 bits per heavy atom. The van der Waals surface area contributed by atoms with E-state index in [0.29, 0.717) is 0 Å². The van der Waals surface area contributed by atoms with Crippen molar-refractivity contribution in [1.82, 2.24) is 15.2 Å². The second-order valence-electron chi connectivity index (χ2n) is 8.77. The van der Waals surface area contributed by atoms with E-state index in [1.165, 1.54) is 0 Å². The number of aliphatic imine (C=N–C) groups is 2. The lowest BCUT2D eigenvalue weighted by Crippen LogP contribution is -1.84. The van der Waals surface area contributed by atoms with Crippen molar-refractivity contribution in [3.63, 3.8) is 0 Å². The molecule has 40 heavy (non-hydrogen) atoms. The molecule has 0 N–H and O–H groups in total. The summed E-state index contributed by atoms with van der Waals surface area (Å²) in [7, 11) is 0. The molecule has 0 fully saturated rings. The summed E-state index contributed by atoms with van der Waals surface area (Å²) in [4.78, 5) is 15.9. The fourth-order valence-electron chi connectivity index (χ4n) is 4.48. The molecule has 4 aliphatic rings. The number of rotatable bonds is 6. The van der Waals surface area contributed by atoms with E-state index in [-0.39, 0.29) is 0 Å². The zero-order valence-corrected chi connectivity index (χ0v) is 23.1. The van der Waals surface area contributed by atoms with Crippen molar-refractivity contribution < 1.29 is 0 Å². The summed E-state index contributed by atoms with van der Waals surface area (Å²) in [6, 6.07) is 20.2. The summed E-state index contributed by atoms with van der Waals surface area (Å²) in [5.41, 5.74) is 13.0. The van der Waals surface area contributed by atoms with E-state index in [1.54, 1.807) is 29.7 Å². The average molecular weight is 554 g/mol. The van der Waals surface area contributed by atoms with Crippen molar-refractivity contribution in [3.8, 4) is 11.3 Å². The molecule has 5 nitrogen and oxygen atoms in total. The summed E-state index contributed by atoms with van der Waals surface area (Å²) in [6.07, 6.45) is 13.6. The van der Waals surface area contributed by atoms with Crippen LogP contribution >= 0.6 is 23.5 Å². The number of nitrogens with zero attached hydrogens (tertiary/aromatic N) is 5. The van der Waals surface area contributed by atoms with E-state index < -0.39 is 0 Å². The molecule has 0 atom stereocenters. The number of para-hydroxylation sites is 2. The monoisotopic (exact) mass is 553 g/mol. The highest BCUT2D eigenvalue weighted by molar-refractivity contribution is 8.16. The maximum atomic E-state index is 4.65. The number of hydrogen-bond acceptors (Lipinski definition) is 7. The molecule has 0 aromatic heterocycles. The Morgan fingerprint density at radius 2 is 1.20 bits per heavy atom. The number of fused-ring (bicyclic) bond motifs is 3. The van der Waals surface area contributed by atoms with Gasteiger partial charge >= 0.3 is 0 Å². The topological polar surface area (TPSA) is 63.4 Å². The van der Waals surface area contributed by atoms with Gasteiger partial charge in [-0.25, -0.2) is 9.98 Å². The molecule has 0 aliphatic carbocycles. The fourth-order valence-corrected chi connectivity index (χ4v) is 5.97. The minimum Gasteiger partial charge on any atom is -0.255 e. The molecule has 0 radical (unpaired) electrons. The van der Waals surface area contributed by atoms with E-state index in [1.807, 2.05) is 90.0 Å². The summed E-state index contributed by atoms with van der Waals surface area (Å²) < 4.78 is 0. The lowest BCUT2D eigenvalue weighted by atomic mass is 10.0. The van der Waals surface area contributed by atoms with Crippen LogP contribution in [0.5, 0.6) is 0 Å². The Labute approximate surface area is 241 Å². The molecule has 0 unspecified atom stereocenters. The summed E-state index contributed by atoms with van der Waals surface area (Å²) in [5, 5.41) is 8.77. The van der Waals surface area contributed by atoms with Gasteiger partial charge in [-0.2, -0.15) is 0 Å². The van der Waals surface area contributed by atoms with E-state index in [2.05, 4.69) is 56.5 Å². The van der Waals surface area contributed by atoms with Gasteiger partial charge in [-0.3, -0.25) is 4.98 Å². The van der Waals surface area contributed by atoms with E-state index in [0.717, 1.165) is 66.1 Å². The van der Waals surface area contributed by atoms with Gasteiger partial charge in [-0.05, 0) is 59.7 Å². The zero-order chi connectivity index (χ0) is 27.3. The van der Waals surface area contributed by atoms with Gasteiger partial charge in [-0.15, -0.1) is 10.2 Å². The minimum absolute atomic E-state index is 0.730. The Kier molecular flexibility index (Phi) is 7.48. The summed E-state index contributed by atoms with van der Waals surface area (Å²) in [5.74, 6) is 0. The van der Waals surface area contributed by atoms with Gasteiger partial charge in [0, 0.05) is 26.5 Å². The van der Waals surface area contributed by atoms with Crippen molar-refractivity contribution in [1.29, 1.82) is 0 Å². The molecular formula is C33H23N5S2. The SMILES string of the molecule is C=CC1=C(/C=C/c2ccc3c(/C=C/C4=C(C=C)c5ccccc5N=CS4)nnc-3cn2)SC=Nc2ccccc21. The fraction of sp³-hybridized carbons (Fsp3) is 0. The van der Waals surface area contributed by atoms with Crippen LogP contribution < -0.4 is 0 Å². The van der Waals surface area contributed by atoms with Crippen molar-refractivity contribution in [2.75, 3.05) is 0 Å². The summed E-state index contributed by atoms with van der Waals surface area (Å²) >= 11 is 3.12. The Balaban J connectivity index is 1.31. The first-order valence-electron chi connectivity index (χ1n) is 12.5. The Morgan fingerprint density at radius 1 is 0.600 bits per heavy atom. The minimum atomic E-state index is 0.730. The number of thioether (sulfide) groups is 2. The van der Waals surface area contributed by atoms with Crippen molar-refractivity contribution >= 4 is 69.3 Å². The van der Waals surface area contributed by atoms with Crippen LogP contribution in [0.15, 0.2) is 124 Å². The molecule has 7 heteroatoms. The second-order valence-corrected chi connectivity index (χ2v) is 10.5. The molecule has 2 aromatic carbocycles. The predicted molar refractivity (Wildman–Crippen MR) is 173 cm³/mol. The number of hydrogen-bond donors (Lipinski definition) is 0. The third kappa shape index (κ3) is 5.17. The second kappa shape index (κ2) is 11.7. The largest absolute Gasteiger partial charge is 0.255 e. The molecular weight excluding hydrogens is 531 g/mol. The van der Waals surface area contributed by atoms with Crippen molar-refractivity contribution in [3.05, 3.63) is 137 Å². The van der Waals surface area contributed by atoms with Crippen LogP contribution in [0.3, 0.4) is 0 Å². The van der Waals surface area contributed by atoms with Crippen molar-refractivity contribution in [2.45, 2.75) is 0 Å². The van der Waals surface area contributed by atoms with Crippen LogP contribution in [0.4, 0.5) is 11.4 Å². The van der Waals surface area contributed by atoms with Gasteiger partial charge < -0.3 is 0 Å². The van der Waals surface area contributed by atoms with Crippen LogP contribution in [0.2, 0.25) is 0 Å². The molecule has 0 amide bonds. The highest BCUT2D eigenvalue weighted by Crippen LogP contribution is 2.38. The first kappa shape index (κ1) is 25.7. The van der Waals surface area contributed by atoms with Crippen LogP contribution in [-0.4, -0.2) is 26.3 Å². The third-order valence-corrected chi connectivity index (χ3v) is 8.08. The highest BCUT2D eigenvalue weighted by atomic mass is 32.2. The zero-order valence-electron chi connectivity index (χ0n) is 21.4. The first-order chi connectivity index (χ1) is 19.7. The third-order valence-electron chi connectivity index (χ3n) is 6.44. The molecule has 4 heterocycles.